The molecule has 0 unspecified atom stereocenters. The van der Waals surface area contributed by atoms with Gasteiger partial charge >= 0.3 is 0 Å². The molecule has 3 N–H and O–H groups in total. The first-order valence-corrected chi connectivity index (χ1v) is 7.32. The number of fused-ring (bicyclic) bond motifs is 1. The Morgan fingerprint density at radius 1 is 1.25 bits per heavy atom. The summed E-state index contributed by atoms with van der Waals surface area (Å²) >= 11 is 0. The number of ether oxygens (including phenoxy) is 1. The molecule has 106 valence electrons. The van der Waals surface area contributed by atoms with Gasteiger partial charge in [0.25, 0.3) is 0 Å². The average Bonchev–Trinajstić information content (AvgIpc) is 2.99. The Hall–Kier alpha value is -1.81. The molecule has 3 rings (SSSR count). The Morgan fingerprint density at radius 2 is 2.10 bits per heavy atom. The van der Waals surface area contributed by atoms with Crippen LogP contribution in [0.25, 0.3) is 10.8 Å². The SMILES string of the molecule is Nc1c(NCCOC2CCCC2)ccc2cnccc12. The highest BCUT2D eigenvalue weighted by Crippen LogP contribution is 2.27. The van der Waals surface area contributed by atoms with E-state index in [2.05, 4.69) is 10.3 Å². The van der Waals surface area contributed by atoms with Crippen molar-refractivity contribution in [2.75, 3.05) is 24.2 Å². The molecule has 4 nitrogen and oxygen atoms in total. The van der Waals surface area contributed by atoms with Gasteiger partial charge in [0.05, 0.1) is 24.1 Å². The lowest BCUT2D eigenvalue weighted by molar-refractivity contribution is 0.0659. The van der Waals surface area contributed by atoms with Crippen LogP contribution in [0.1, 0.15) is 25.7 Å². The molecule has 0 atom stereocenters. The second kappa shape index (κ2) is 6.09. The molecule has 1 aromatic heterocycles. The Balaban J connectivity index is 1.58. The quantitative estimate of drug-likeness (QED) is 0.647. The fourth-order valence-corrected chi connectivity index (χ4v) is 2.81. The van der Waals surface area contributed by atoms with Gasteiger partial charge in [-0.05, 0) is 25.0 Å². The maximum Gasteiger partial charge on any atom is 0.0642 e. The van der Waals surface area contributed by atoms with Gasteiger partial charge in [0, 0.05) is 29.7 Å². The van der Waals surface area contributed by atoms with Crippen molar-refractivity contribution in [3.8, 4) is 0 Å². The number of aromatic nitrogens is 1. The standard InChI is InChI=1S/C16H21N3O/c17-16-14-7-8-18-11-12(14)5-6-15(16)19-9-10-20-13-3-1-2-4-13/h5-8,11,13,19H,1-4,9-10,17H2. The van der Waals surface area contributed by atoms with E-state index in [9.17, 15) is 0 Å². The number of nitrogens with zero attached hydrogens (tertiary/aromatic N) is 1. The third-order valence-electron chi connectivity index (χ3n) is 3.94. The van der Waals surface area contributed by atoms with E-state index in [0.717, 1.165) is 35.3 Å². The maximum absolute atomic E-state index is 6.19. The van der Waals surface area contributed by atoms with Gasteiger partial charge < -0.3 is 15.8 Å². The lowest BCUT2D eigenvalue weighted by Gasteiger charge is -2.14. The van der Waals surface area contributed by atoms with E-state index in [4.69, 9.17) is 10.5 Å². The summed E-state index contributed by atoms with van der Waals surface area (Å²) in [6.45, 7) is 1.52. The lowest BCUT2D eigenvalue weighted by atomic mass is 10.1. The zero-order valence-corrected chi connectivity index (χ0v) is 11.6. The van der Waals surface area contributed by atoms with Crippen molar-refractivity contribution >= 4 is 22.1 Å². The van der Waals surface area contributed by atoms with Gasteiger partial charge in [-0.1, -0.05) is 18.9 Å². The van der Waals surface area contributed by atoms with Gasteiger partial charge in [0.15, 0.2) is 0 Å². The molecule has 1 aliphatic rings. The van der Waals surface area contributed by atoms with E-state index < -0.39 is 0 Å². The van der Waals surface area contributed by atoms with E-state index in [1.807, 2.05) is 24.4 Å². The number of benzene rings is 1. The molecular formula is C16H21N3O. The van der Waals surface area contributed by atoms with Crippen LogP contribution in [0.4, 0.5) is 11.4 Å². The third-order valence-corrected chi connectivity index (χ3v) is 3.94. The van der Waals surface area contributed by atoms with Crippen LogP contribution in [-0.2, 0) is 4.74 Å². The van der Waals surface area contributed by atoms with Crippen LogP contribution in [0.15, 0.2) is 30.6 Å². The normalized spacial score (nSPS) is 15.8. The van der Waals surface area contributed by atoms with Crippen molar-refractivity contribution in [1.82, 2.24) is 4.98 Å². The zero-order valence-electron chi connectivity index (χ0n) is 11.6. The number of pyridine rings is 1. The van der Waals surface area contributed by atoms with E-state index in [-0.39, 0.29) is 0 Å². The summed E-state index contributed by atoms with van der Waals surface area (Å²) in [4.78, 5) is 4.11. The monoisotopic (exact) mass is 271 g/mol. The van der Waals surface area contributed by atoms with Crippen molar-refractivity contribution < 1.29 is 4.74 Å². The minimum absolute atomic E-state index is 0.469. The summed E-state index contributed by atoms with van der Waals surface area (Å²) in [5.74, 6) is 0. The molecule has 1 aromatic carbocycles. The molecule has 1 saturated carbocycles. The first-order valence-electron chi connectivity index (χ1n) is 7.32. The van der Waals surface area contributed by atoms with Crippen LogP contribution in [0.2, 0.25) is 0 Å². The fraction of sp³-hybridized carbons (Fsp3) is 0.438. The van der Waals surface area contributed by atoms with Gasteiger partial charge in [-0.2, -0.15) is 0 Å². The van der Waals surface area contributed by atoms with Gasteiger partial charge in [-0.15, -0.1) is 0 Å². The highest BCUT2D eigenvalue weighted by atomic mass is 16.5. The van der Waals surface area contributed by atoms with Gasteiger partial charge in [0.2, 0.25) is 0 Å². The van der Waals surface area contributed by atoms with Crippen LogP contribution in [0.5, 0.6) is 0 Å². The maximum atomic E-state index is 6.19. The minimum atomic E-state index is 0.469. The molecule has 2 aromatic rings. The van der Waals surface area contributed by atoms with E-state index in [1.54, 1.807) is 6.20 Å². The molecule has 1 aliphatic carbocycles. The zero-order chi connectivity index (χ0) is 13.8. The average molecular weight is 271 g/mol. The van der Waals surface area contributed by atoms with E-state index in [1.165, 1.54) is 25.7 Å². The van der Waals surface area contributed by atoms with Crippen molar-refractivity contribution in [2.24, 2.45) is 0 Å². The van der Waals surface area contributed by atoms with E-state index >= 15 is 0 Å². The number of hydrogen-bond acceptors (Lipinski definition) is 4. The van der Waals surface area contributed by atoms with Crippen LogP contribution in [0.3, 0.4) is 0 Å². The van der Waals surface area contributed by atoms with Crippen LogP contribution >= 0.6 is 0 Å². The molecule has 0 amide bonds. The Labute approximate surface area is 119 Å². The van der Waals surface area contributed by atoms with E-state index in [0.29, 0.717) is 6.10 Å². The second-order valence-corrected chi connectivity index (χ2v) is 5.33. The summed E-state index contributed by atoms with van der Waals surface area (Å²) in [5.41, 5.74) is 7.95. The second-order valence-electron chi connectivity index (χ2n) is 5.33. The predicted octanol–water partition coefficient (Wildman–Crippen LogP) is 3.19. The van der Waals surface area contributed by atoms with Crippen LogP contribution in [0, 0.1) is 0 Å². The third kappa shape index (κ3) is 2.85. The lowest BCUT2D eigenvalue weighted by Crippen LogP contribution is -2.16. The minimum Gasteiger partial charge on any atom is -0.397 e. The molecule has 0 bridgehead atoms. The van der Waals surface area contributed by atoms with Crippen molar-refractivity contribution in [3.63, 3.8) is 0 Å². The smallest absolute Gasteiger partial charge is 0.0642 e. The molecule has 0 spiro atoms. The number of hydrogen-bond donors (Lipinski definition) is 2. The summed E-state index contributed by atoms with van der Waals surface area (Å²) < 4.78 is 5.84. The molecule has 1 heterocycles. The molecule has 4 heteroatoms. The summed E-state index contributed by atoms with van der Waals surface area (Å²) in [5, 5.41) is 5.47. The topological polar surface area (TPSA) is 60.2 Å². The Kier molecular flexibility index (Phi) is 4.02. The molecule has 0 aliphatic heterocycles. The molecule has 0 saturated heterocycles. The van der Waals surface area contributed by atoms with Crippen molar-refractivity contribution in [2.45, 2.75) is 31.8 Å². The fourth-order valence-electron chi connectivity index (χ4n) is 2.81. The van der Waals surface area contributed by atoms with Gasteiger partial charge in [0.1, 0.15) is 0 Å². The Bertz CT molecular complexity index is 579. The summed E-state index contributed by atoms with van der Waals surface area (Å²) in [6, 6.07) is 6.00. The number of anilines is 2. The summed E-state index contributed by atoms with van der Waals surface area (Å²) in [6.07, 6.45) is 9.12. The number of nitrogens with two attached hydrogens (primary N) is 1. The van der Waals surface area contributed by atoms with Crippen molar-refractivity contribution in [3.05, 3.63) is 30.6 Å². The molecule has 0 radical (unpaired) electrons. The molecule has 1 fully saturated rings. The van der Waals surface area contributed by atoms with Gasteiger partial charge in [-0.25, -0.2) is 0 Å². The first kappa shape index (κ1) is 13.2. The largest absolute Gasteiger partial charge is 0.397 e. The van der Waals surface area contributed by atoms with Crippen molar-refractivity contribution in [1.29, 1.82) is 0 Å². The molecule has 20 heavy (non-hydrogen) atoms. The summed E-state index contributed by atoms with van der Waals surface area (Å²) in [7, 11) is 0. The van der Waals surface area contributed by atoms with Crippen LogP contribution < -0.4 is 11.1 Å². The highest BCUT2D eigenvalue weighted by Gasteiger charge is 2.14. The number of nitrogen functional groups attached to an aromatic ring is 1. The number of nitrogens with one attached hydrogen (secondary N) is 1. The van der Waals surface area contributed by atoms with Gasteiger partial charge in [-0.3, -0.25) is 4.98 Å². The highest BCUT2D eigenvalue weighted by molar-refractivity contribution is 5.98. The molecular weight excluding hydrogens is 250 g/mol. The Morgan fingerprint density at radius 3 is 2.95 bits per heavy atom. The predicted molar refractivity (Wildman–Crippen MR) is 82.9 cm³/mol. The van der Waals surface area contributed by atoms with Crippen LogP contribution in [-0.4, -0.2) is 24.2 Å². The first-order chi connectivity index (χ1) is 9.84. The number of rotatable bonds is 5.